The molecule has 0 unspecified atom stereocenters. The Labute approximate surface area is 159 Å². The molecule has 0 heterocycles. The van der Waals surface area contributed by atoms with Crippen molar-refractivity contribution in [2.45, 2.75) is 20.8 Å². The molecule has 1 amide bonds. The van der Waals surface area contributed by atoms with Crippen LogP contribution >= 0.6 is 38.5 Å². The summed E-state index contributed by atoms with van der Waals surface area (Å²) in [6.45, 7) is 10.5. The van der Waals surface area contributed by atoms with E-state index in [0.717, 1.165) is 24.9 Å². The fraction of sp³-hybridized carbons (Fsp3) is 0.211. The van der Waals surface area contributed by atoms with Crippen molar-refractivity contribution >= 4 is 50.1 Å². The summed E-state index contributed by atoms with van der Waals surface area (Å²) in [5.41, 5.74) is 4.88. The van der Waals surface area contributed by atoms with E-state index in [-0.39, 0.29) is 5.91 Å². The second kappa shape index (κ2) is 7.62. The predicted octanol–water partition coefficient (Wildman–Crippen LogP) is 5.89. The molecule has 0 aliphatic heterocycles. The van der Waals surface area contributed by atoms with Crippen molar-refractivity contribution in [1.29, 1.82) is 0 Å². The lowest BCUT2D eigenvalue weighted by Gasteiger charge is -2.26. The van der Waals surface area contributed by atoms with Crippen molar-refractivity contribution in [3.05, 3.63) is 73.3 Å². The third-order valence-corrected chi connectivity index (χ3v) is 4.78. The van der Waals surface area contributed by atoms with Crippen molar-refractivity contribution in [2.24, 2.45) is 0 Å². The molecule has 0 aliphatic rings. The normalized spacial score (nSPS) is 10.5. The second-order valence-electron chi connectivity index (χ2n) is 5.77. The van der Waals surface area contributed by atoms with Gasteiger partial charge in [-0.1, -0.05) is 34.1 Å². The number of benzene rings is 2. The van der Waals surface area contributed by atoms with Gasteiger partial charge in [0.2, 0.25) is 0 Å². The Balaban J connectivity index is 2.51. The molecule has 0 saturated carbocycles. The van der Waals surface area contributed by atoms with Crippen LogP contribution in [0.5, 0.6) is 0 Å². The lowest BCUT2D eigenvalue weighted by molar-refractivity contribution is 0.0988. The lowest BCUT2D eigenvalue weighted by atomic mass is 10.1. The van der Waals surface area contributed by atoms with E-state index in [9.17, 15) is 4.79 Å². The summed E-state index contributed by atoms with van der Waals surface area (Å²) in [4.78, 5) is 14.9. The standard InChI is InChI=1S/C19H19BrINO/c1-12(2)11-22(18-14(4)9-13(3)10-17(18)21)19(23)15-5-7-16(20)8-6-15/h5-10H,1,11H2,2-4H3. The molecule has 2 aromatic rings. The highest BCUT2D eigenvalue weighted by Gasteiger charge is 2.21. The van der Waals surface area contributed by atoms with Crippen LogP contribution in [0.3, 0.4) is 0 Å². The summed E-state index contributed by atoms with van der Waals surface area (Å²) in [5.74, 6) is -0.00892. The Kier molecular flexibility index (Phi) is 6.03. The number of hydrogen-bond donors (Lipinski definition) is 0. The zero-order chi connectivity index (χ0) is 17.1. The van der Waals surface area contributed by atoms with Crippen LogP contribution in [0.15, 0.2) is 53.0 Å². The molecule has 0 saturated heterocycles. The SMILES string of the molecule is C=C(C)CN(C(=O)c1ccc(Br)cc1)c1c(C)cc(C)cc1I. The smallest absolute Gasteiger partial charge is 0.258 e. The average Bonchev–Trinajstić information content (AvgIpc) is 2.45. The minimum absolute atomic E-state index is 0.00892. The largest absolute Gasteiger partial charge is 0.303 e. The molecule has 2 aromatic carbocycles. The molecule has 120 valence electrons. The summed E-state index contributed by atoms with van der Waals surface area (Å²) in [5, 5.41) is 0. The van der Waals surface area contributed by atoms with Gasteiger partial charge in [-0.15, -0.1) is 0 Å². The van der Waals surface area contributed by atoms with E-state index in [1.165, 1.54) is 5.56 Å². The number of rotatable bonds is 4. The topological polar surface area (TPSA) is 20.3 Å². The van der Waals surface area contributed by atoms with Crippen LogP contribution in [-0.4, -0.2) is 12.5 Å². The first-order valence-electron chi connectivity index (χ1n) is 7.28. The van der Waals surface area contributed by atoms with Crippen molar-refractivity contribution < 1.29 is 4.79 Å². The quantitative estimate of drug-likeness (QED) is 0.392. The van der Waals surface area contributed by atoms with Gasteiger partial charge >= 0.3 is 0 Å². The molecular formula is C19H19BrINO. The van der Waals surface area contributed by atoms with Gasteiger partial charge in [0.05, 0.1) is 5.69 Å². The van der Waals surface area contributed by atoms with Gasteiger partial charge in [-0.25, -0.2) is 0 Å². The Morgan fingerprint density at radius 3 is 2.35 bits per heavy atom. The zero-order valence-corrected chi connectivity index (χ0v) is 17.2. The number of anilines is 1. The fourth-order valence-corrected chi connectivity index (χ4v) is 3.99. The molecule has 0 spiro atoms. The van der Waals surface area contributed by atoms with Crippen LogP contribution in [-0.2, 0) is 0 Å². The van der Waals surface area contributed by atoms with E-state index in [2.05, 4.69) is 64.2 Å². The number of hydrogen-bond acceptors (Lipinski definition) is 1. The molecule has 0 fully saturated rings. The summed E-state index contributed by atoms with van der Waals surface area (Å²) < 4.78 is 2.04. The van der Waals surface area contributed by atoms with E-state index < -0.39 is 0 Å². The zero-order valence-electron chi connectivity index (χ0n) is 13.5. The minimum atomic E-state index is -0.00892. The summed E-state index contributed by atoms with van der Waals surface area (Å²) in [7, 11) is 0. The molecule has 0 atom stereocenters. The number of carbonyl (C=O) groups is 1. The molecule has 0 aliphatic carbocycles. The third-order valence-electron chi connectivity index (χ3n) is 3.43. The highest BCUT2D eigenvalue weighted by atomic mass is 127. The van der Waals surface area contributed by atoms with Crippen LogP contribution in [0, 0.1) is 17.4 Å². The van der Waals surface area contributed by atoms with Gasteiger partial charge in [0.1, 0.15) is 0 Å². The van der Waals surface area contributed by atoms with Crippen LogP contribution in [0.1, 0.15) is 28.4 Å². The molecule has 0 N–H and O–H groups in total. The van der Waals surface area contributed by atoms with E-state index in [1.807, 2.05) is 43.0 Å². The second-order valence-corrected chi connectivity index (χ2v) is 7.85. The number of nitrogens with zero attached hydrogens (tertiary/aromatic N) is 1. The summed E-state index contributed by atoms with van der Waals surface area (Å²) in [6.07, 6.45) is 0. The maximum absolute atomic E-state index is 13.0. The van der Waals surface area contributed by atoms with Crippen LogP contribution < -0.4 is 4.90 Å². The lowest BCUT2D eigenvalue weighted by Crippen LogP contribution is -2.33. The maximum Gasteiger partial charge on any atom is 0.258 e. The Hall–Kier alpha value is -1.14. The van der Waals surface area contributed by atoms with Gasteiger partial charge in [-0.2, -0.15) is 0 Å². The van der Waals surface area contributed by atoms with Crippen molar-refractivity contribution in [2.75, 3.05) is 11.4 Å². The molecule has 2 rings (SSSR count). The highest BCUT2D eigenvalue weighted by molar-refractivity contribution is 14.1. The molecular weight excluding hydrogens is 465 g/mol. The monoisotopic (exact) mass is 483 g/mol. The third kappa shape index (κ3) is 4.44. The molecule has 0 aromatic heterocycles. The minimum Gasteiger partial charge on any atom is -0.303 e. The fourth-order valence-electron chi connectivity index (χ4n) is 2.52. The van der Waals surface area contributed by atoms with Crippen molar-refractivity contribution in [3.63, 3.8) is 0 Å². The molecule has 0 radical (unpaired) electrons. The average molecular weight is 484 g/mol. The van der Waals surface area contributed by atoms with Gasteiger partial charge in [-0.05, 0) is 84.8 Å². The van der Waals surface area contributed by atoms with E-state index in [1.54, 1.807) is 0 Å². The number of amides is 1. The number of carbonyl (C=O) groups excluding carboxylic acids is 1. The first-order valence-corrected chi connectivity index (χ1v) is 9.15. The number of halogens is 2. The van der Waals surface area contributed by atoms with Crippen LogP contribution in [0.2, 0.25) is 0 Å². The van der Waals surface area contributed by atoms with Gasteiger partial charge in [0, 0.05) is 20.2 Å². The molecule has 23 heavy (non-hydrogen) atoms. The molecule has 2 nitrogen and oxygen atoms in total. The van der Waals surface area contributed by atoms with Gasteiger partial charge in [-0.3, -0.25) is 4.79 Å². The van der Waals surface area contributed by atoms with Crippen LogP contribution in [0.4, 0.5) is 5.69 Å². The van der Waals surface area contributed by atoms with Gasteiger partial charge in [0.25, 0.3) is 5.91 Å². The van der Waals surface area contributed by atoms with Crippen molar-refractivity contribution in [1.82, 2.24) is 0 Å². The van der Waals surface area contributed by atoms with Crippen LogP contribution in [0.25, 0.3) is 0 Å². The van der Waals surface area contributed by atoms with Crippen molar-refractivity contribution in [3.8, 4) is 0 Å². The summed E-state index contributed by atoms with van der Waals surface area (Å²) >= 11 is 5.71. The Morgan fingerprint density at radius 2 is 1.83 bits per heavy atom. The summed E-state index contributed by atoms with van der Waals surface area (Å²) in [6, 6.07) is 11.7. The first-order chi connectivity index (χ1) is 10.8. The highest BCUT2D eigenvalue weighted by Crippen LogP contribution is 2.30. The molecule has 0 bridgehead atoms. The molecule has 4 heteroatoms. The predicted molar refractivity (Wildman–Crippen MR) is 109 cm³/mol. The van der Waals surface area contributed by atoms with E-state index in [0.29, 0.717) is 12.1 Å². The van der Waals surface area contributed by atoms with E-state index in [4.69, 9.17) is 0 Å². The van der Waals surface area contributed by atoms with Gasteiger partial charge in [0.15, 0.2) is 0 Å². The first kappa shape index (κ1) is 18.2. The Morgan fingerprint density at radius 1 is 1.22 bits per heavy atom. The number of aryl methyl sites for hydroxylation is 2. The van der Waals surface area contributed by atoms with Gasteiger partial charge < -0.3 is 4.90 Å². The maximum atomic E-state index is 13.0. The Bertz CT molecular complexity index is 729. The van der Waals surface area contributed by atoms with E-state index >= 15 is 0 Å².